The van der Waals surface area contributed by atoms with E-state index in [1.807, 2.05) is 30.3 Å². The zero-order valence-corrected chi connectivity index (χ0v) is 11.9. The fourth-order valence-electron chi connectivity index (χ4n) is 1.58. The van der Waals surface area contributed by atoms with Gasteiger partial charge in [0.15, 0.2) is 0 Å². The lowest BCUT2D eigenvalue weighted by molar-refractivity contribution is -0.137. The minimum absolute atomic E-state index is 0.271. The van der Waals surface area contributed by atoms with E-state index < -0.39 is 11.7 Å². The summed E-state index contributed by atoms with van der Waals surface area (Å²) in [7, 11) is 0. The lowest BCUT2D eigenvalue weighted by Crippen LogP contribution is -2.06. The van der Waals surface area contributed by atoms with Crippen molar-refractivity contribution in [2.45, 2.75) is 12.6 Å². The maximum Gasteiger partial charge on any atom is 0.417 e. The van der Waals surface area contributed by atoms with Gasteiger partial charge in [-0.15, -0.1) is 0 Å². The van der Waals surface area contributed by atoms with Crippen LogP contribution in [0.1, 0.15) is 16.8 Å². The number of benzene rings is 1. The highest BCUT2D eigenvalue weighted by Gasteiger charge is 2.30. The van der Waals surface area contributed by atoms with Gasteiger partial charge in [0, 0.05) is 23.2 Å². The van der Waals surface area contributed by atoms with Gasteiger partial charge in [-0.25, -0.2) is 0 Å². The van der Waals surface area contributed by atoms with E-state index in [1.54, 1.807) is 6.08 Å². The van der Waals surface area contributed by atoms with Gasteiger partial charge in [-0.1, -0.05) is 40.2 Å². The van der Waals surface area contributed by atoms with Crippen LogP contribution < -0.4 is 0 Å². The molecular formula is C15H10BrF3N. The molecule has 20 heavy (non-hydrogen) atoms. The van der Waals surface area contributed by atoms with E-state index >= 15 is 0 Å². The molecule has 1 nitrogen and oxygen atoms in total. The first kappa shape index (κ1) is 14.8. The highest BCUT2D eigenvalue weighted by Crippen LogP contribution is 2.28. The molecule has 0 spiro atoms. The Morgan fingerprint density at radius 3 is 2.50 bits per heavy atom. The second kappa shape index (κ2) is 6.22. The van der Waals surface area contributed by atoms with E-state index in [-0.39, 0.29) is 5.69 Å². The summed E-state index contributed by atoms with van der Waals surface area (Å²) in [5.74, 6) is 0. The molecule has 2 rings (SSSR count). The second-order valence-electron chi connectivity index (χ2n) is 4.09. The first-order valence-corrected chi connectivity index (χ1v) is 6.61. The van der Waals surface area contributed by atoms with Gasteiger partial charge < -0.3 is 0 Å². The number of aromatic nitrogens is 1. The summed E-state index contributed by atoms with van der Waals surface area (Å²) in [4.78, 5) is 3.88. The topological polar surface area (TPSA) is 12.9 Å². The van der Waals surface area contributed by atoms with Gasteiger partial charge in [-0.2, -0.15) is 13.2 Å². The Morgan fingerprint density at radius 1 is 1.15 bits per heavy atom. The average molecular weight is 341 g/mol. The molecule has 1 aromatic heterocycles. The van der Waals surface area contributed by atoms with Crippen LogP contribution in [0.5, 0.6) is 0 Å². The first-order chi connectivity index (χ1) is 9.45. The predicted octanol–water partition coefficient (Wildman–Crippen LogP) is 4.92. The molecule has 1 heterocycles. The number of alkyl halides is 3. The van der Waals surface area contributed by atoms with Crippen molar-refractivity contribution < 1.29 is 13.2 Å². The van der Waals surface area contributed by atoms with Crippen LogP contribution in [0.4, 0.5) is 13.2 Å². The number of allylic oxidation sites excluding steroid dienone is 1. The Hall–Kier alpha value is -1.62. The Morgan fingerprint density at radius 2 is 1.85 bits per heavy atom. The zero-order chi connectivity index (χ0) is 14.6. The van der Waals surface area contributed by atoms with Crippen molar-refractivity contribution >= 4 is 22.0 Å². The summed E-state index contributed by atoms with van der Waals surface area (Å²) in [6.45, 7) is 0. The normalized spacial score (nSPS) is 12.0. The molecule has 0 aliphatic rings. The Kier molecular flexibility index (Phi) is 4.60. The lowest BCUT2D eigenvalue weighted by Gasteiger charge is -2.06. The molecule has 0 unspecified atom stereocenters. The number of nitrogens with zero attached hydrogens (tertiary/aromatic N) is 1. The maximum absolute atomic E-state index is 12.5. The molecule has 1 aromatic carbocycles. The third-order valence-corrected chi connectivity index (χ3v) is 3.08. The van der Waals surface area contributed by atoms with Crippen molar-refractivity contribution in [1.82, 2.24) is 4.98 Å². The van der Waals surface area contributed by atoms with Crippen molar-refractivity contribution in [2.75, 3.05) is 0 Å². The van der Waals surface area contributed by atoms with Crippen LogP contribution in [0.25, 0.3) is 6.08 Å². The molecule has 0 aliphatic heterocycles. The highest BCUT2D eigenvalue weighted by atomic mass is 79.9. The standard InChI is InChI=1S/C15H10BrF3N/c16-13-6-4-11(5-7-13)2-1-3-14-10-12(8-9-20-14)15(17,18)19/h1-2,4-9H,3H2. The molecule has 2 aromatic rings. The minimum atomic E-state index is -4.38. The summed E-state index contributed by atoms with van der Waals surface area (Å²) in [6, 6.07) is 10.8. The fraction of sp³-hybridized carbons (Fsp3) is 0.133. The molecule has 0 atom stereocenters. The van der Waals surface area contributed by atoms with E-state index in [4.69, 9.17) is 0 Å². The summed E-state index contributed by atoms with van der Waals surface area (Å²) >= 11 is 3.33. The smallest absolute Gasteiger partial charge is 0.260 e. The fourth-order valence-corrected chi connectivity index (χ4v) is 1.85. The van der Waals surface area contributed by atoms with Crippen LogP contribution in [0, 0.1) is 6.07 Å². The van der Waals surface area contributed by atoms with Gasteiger partial charge in [-0.3, -0.25) is 4.98 Å². The van der Waals surface area contributed by atoms with Gasteiger partial charge in [-0.05, 0) is 23.8 Å². The largest absolute Gasteiger partial charge is 0.417 e. The molecule has 0 aliphatic carbocycles. The van der Waals surface area contributed by atoms with E-state index in [2.05, 4.69) is 27.0 Å². The summed E-state index contributed by atoms with van der Waals surface area (Å²) in [5.41, 5.74) is 0.452. The highest BCUT2D eigenvalue weighted by molar-refractivity contribution is 9.10. The van der Waals surface area contributed by atoms with E-state index in [0.717, 1.165) is 22.3 Å². The quantitative estimate of drug-likeness (QED) is 0.772. The predicted molar refractivity (Wildman–Crippen MR) is 75.0 cm³/mol. The van der Waals surface area contributed by atoms with Crippen molar-refractivity contribution in [3.63, 3.8) is 0 Å². The summed E-state index contributed by atoms with van der Waals surface area (Å²) in [5, 5.41) is 0. The molecule has 0 saturated carbocycles. The molecule has 5 heteroatoms. The monoisotopic (exact) mass is 340 g/mol. The minimum Gasteiger partial charge on any atom is -0.260 e. The number of halogens is 4. The third-order valence-electron chi connectivity index (χ3n) is 2.55. The number of pyridine rings is 1. The summed E-state index contributed by atoms with van der Waals surface area (Å²) in [6.07, 6.45) is 0.680. The van der Waals surface area contributed by atoms with Gasteiger partial charge in [0.1, 0.15) is 0 Å². The second-order valence-corrected chi connectivity index (χ2v) is 5.00. The van der Waals surface area contributed by atoms with Crippen molar-refractivity contribution in [3.05, 3.63) is 70.0 Å². The Balaban J connectivity index is 2.05. The maximum atomic E-state index is 12.5. The number of hydrogen-bond donors (Lipinski definition) is 0. The van der Waals surface area contributed by atoms with E-state index in [9.17, 15) is 13.2 Å². The first-order valence-electron chi connectivity index (χ1n) is 5.81. The number of rotatable bonds is 3. The molecule has 0 N–H and O–H groups in total. The zero-order valence-electron chi connectivity index (χ0n) is 10.3. The van der Waals surface area contributed by atoms with Crippen LogP contribution in [-0.4, -0.2) is 4.98 Å². The molecule has 103 valence electrons. The van der Waals surface area contributed by atoms with E-state index in [1.165, 1.54) is 0 Å². The third kappa shape index (κ3) is 4.20. The van der Waals surface area contributed by atoms with Crippen LogP contribution >= 0.6 is 15.9 Å². The Bertz CT molecular complexity index is 603. The van der Waals surface area contributed by atoms with Gasteiger partial charge in [0.2, 0.25) is 0 Å². The van der Waals surface area contributed by atoms with Gasteiger partial charge >= 0.3 is 6.18 Å². The molecule has 1 radical (unpaired) electrons. The van der Waals surface area contributed by atoms with Crippen LogP contribution in [-0.2, 0) is 12.6 Å². The SMILES string of the molecule is FC(F)(F)c1[c]c(CC=Cc2ccc(Br)cc2)ncc1. The number of hydrogen-bond acceptors (Lipinski definition) is 1. The van der Waals surface area contributed by atoms with E-state index in [0.29, 0.717) is 6.42 Å². The lowest BCUT2D eigenvalue weighted by atomic mass is 10.1. The van der Waals surface area contributed by atoms with Crippen molar-refractivity contribution in [3.8, 4) is 0 Å². The molecule has 0 amide bonds. The van der Waals surface area contributed by atoms with Gasteiger partial charge in [0.05, 0.1) is 11.3 Å². The molecule has 0 saturated heterocycles. The molecular weight excluding hydrogens is 331 g/mol. The molecule has 0 fully saturated rings. The van der Waals surface area contributed by atoms with Crippen LogP contribution in [0.3, 0.4) is 0 Å². The van der Waals surface area contributed by atoms with Crippen LogP contribution in [0.2, 0.25) is 0 Å². The molecule has 0 bridgehead atoms. The van der Waals surface area contributed by atoms with Crippen molar-refractivity contribution in [1.29, 1.82) is 0 Å². The Labute approximate surface area is 123 Å². The van der Waals surface area contributed by atoms with Gasteiger partial charge in [0.25, 0.3) is 0 Å². The van der Waals surface area contributed by atoms with Crippen molar-refractivity contribution in [2.24, 2.45) is 0 Å². The van der Waals surface area contributed by atoms with Crippen LogP contribution in [0.15, 0.2) is 47.1 Å². The average Bonchev–Trinajstić information content (AvgIpc) is 2.40. The summed E-state index contributed by atoms with van der Waals surface area (Å²) < 4.78 is 38.5.